The fraction of sp³-hybridized carbons (Fsp3) is 0.609. The van der Waals surface area contributed by atoms with Gasteiger partial charge < -0.3 is 29.9 Å². The maximum Gasteiger partial charge on any atom is 0.416 e. The van der Waals surface area contributed by atoms with Crippen LogP contribution in [0.1, 0.15) is 37.7 Å². The lowest BCUT2D eigenvalue weighted by Gasteiger charge is -2.21. The van der Waals surface area contributed by atoms with Crippen molar-refractivity contribution in [1.29, 1.82) is 0 Å². The molecule has 1 aliphatic carbocycles. The van der Waals surface area contributed by atoms with E-state index in [4.69, 9.17) is 14.6 Å². The minimum Gasteiger partial charge on any atom is -0.491 e. The molecule has 2 fully saturated rings. The van der Waals surface area contributed by atoms with Crippen LogP contribution in [0.4, 0.5) is 13.2 Å². The van der Waals surface area contributed by atoms with Crippen molar-refractivity contribution in [3.8, 4) is 5.75 Å². The van der Waals surface area contributed by atoms with Crippen LogP contribution in [0.5, 0.6) is 5.75 Å². The fourth-order valence-corrected chi connectivity index (χ4v) is 4.43. The van der Waals surface area contributed by atoms with E-state index >= 15 is 0 Å². The van der Waals surface area contributed by atoms with Gasteiger partial charge in [-0.1, -0.05) is 18.2 Å². The number of allylic oxidation sites excluding steroid dienone is 2. The monoisotopic (exact) mass is 474 g/mol. The zero-order valence-electron chi connectivity index (χ0n) is 17.9. The second-order valence-corrected chi connectivity index (χ2v) is 8.57. The molecule has 1 aromatic carbocycles. The van der Waals surface area contributed by atoms with Gasteiger partial charge in [0.1, 0.15) is 24.6 Å². The van der Waals surface area contributed by atoms with Gasteiger partial charge in [-0.25, -0.2) is 0 Å². The molecule has 7 atom stereocenters. The summed E-state index contributed by atoms with van der Waals surface area (Å²) in [5, 5.41) is 39.8. The average Bonchev–Trinajstić information content (AvgIpc) is 3.47. The van der Waals surface area contributed by atoms with E-state index in [0.717, 1.165) is 12.1 Å². The second kappa shape index (κ2) is 10.9. The number of carbonyl (C=O) groups is 1. The summed E-state index contributed by atoms with van der Waals surface area (Å²) in [6, 6.07) is 4.37. The second-order valence-electron chi connectivity index (χ2n) is 8.57. The van der Waals surface area contributed by atoms with Gasteiger partial charge in [0, 0.05) is 12.3 Å². The Morgan fingerprint density at radius 3 is 2.70 bits per heavy atom. The van der Waals surface area contributed by atoms with E-state index in [1.807, 2.05) is 12.2 Å². The van der Waals surface area contributed by atoms with Crippen LogP contribution >= 0.6 is 0 Å². The highest BCUT2D eigenvalue weighted by Gasteiger charge is 2.57. The number of rotatable bonds is 11. The zero-order valence-corrected chi connectivity index (χ0v) is 17.9. The van der Waals surface area contributed by atoms with Crippen molar-refractivity contribution >= 4 is 5.97 Å². The maximum absolute atomic E-state index is 12.8. The Hall–Kier alpha value is -2.14. The third kappa shape index (κ3) is 6.92. The van der Waals surface area contributed by atoms with Crippen LogP contribution in [0.3, 0.4) is 0 Å². The maximum atomic E-state index is 12.8. The molecule has 1 saturated carbocycles. The number of alkyl halides is 3. The molecule has 2 aliphatic rings. The zero-order chi connectivity index (χ0) is 24.2. The van der Waals surface area contributed by atoms with Crippen molar-refractivity contribution in [2.75, 3.05) is 6.61 Å². The molecule has 0 amide bonds. The number of hydrogen-bond donors (Lipinski definition) is 4. The topological polar surface area (TPSA) is 120 Å². The third-order valence-corrected chi connectivity index (χ3v) is 6.15. The van der Waals surface area contributed by atoms with Crippen molar-refractivity contribution in [2.24, 2.45) is 11.8 Å². The van der Waals surface area contributed by atoms with E-state index in [0.29, 0.717) is 19.3 Å². The van der Waals surface area contributed by atoms with Gasteiger partial charge in [0.15, 0.2) is 0 Å². The van der Waals surface area contributed by atoms with Gasteiger partial charge in [-0.2, -0.15) is 13.2 Å². The van der Waals surface area contributed by atoms with E-state index < -0.39 is 54.1 Å². The molecule has 1 aromatic rings. The van der Waals surface area contributed by atoms with Crippen LogP contribution in [0.25, 0.3) is 0 Å². The van der Waals surface area contributed by atoms with Crippen molar-refractivity contribution < 1.29 is 47.9 Å². The quantitative estimate of drug-likeness (QED) is 0.221. The third-order valence-electron chi connectivity index (χ3n) is 6.15. The number of epoxide rings is 1. The molecule has 1 unspecified atom stereocenters. The summed E-state index contributed by atoms with van der Waals surface area (Å²) in [7, 11) is 0. The van der Waals surface area contributed by atoms with Gasteiger partial charge in [0.05, 0.1) is 23.9 Å². The number of aliphatic hydroxyl groups is 3. The number of aliphatic carboxylic acids is 1. The van der Waals surface area contributed by atoms with Crippen molar-refractivity contribution in [1.82, 2.24) is 0 Å². The van der Waals surface area contributed by atoms with Crippen LogP contribution in [0, 0.1) is 11.8 Å². The molecule has 10 heteroatoms. The molecular formula is C23H29F3O7. The standard InChI is InChI=1S/C23H29F3O7/c24-23(25,26)13-6-5-7-14(10-13)32-12-18(29)21-22(33-21)20-15(16(27)11-17(20)28)8-3-1-2-4-9-19(30)31/h1,3,5-7,10,15-18,20-22,27-29H,2,4,8-9,11-12H2,(H,30,31)/b3-1-/t15-,16-,17+,18-,20+,21?,22+/m0/s1. The summed E-state index contributed by atoms with van der Waals surface area (Å²) < 4.78 is 49.3. The normalized spacial score (nSPS) is 30.5. The summed E-state index contributed by atoms with van der Waals surface area (Å²) in [5.41, 5.74) is -0.850. The molecule has 1 heterocycles. The van der Waals surface area contributed by atoms with Gasteiger partial charge in [0.25, 0.3) is 0 Å². The number of hydrogen-bond acceptors (Lipinski definition) is 6. The van der Waals surface area contributed by atoms with Crippen molar-refractivity contribution in [3.05, 3.63) is 42.0 Å². The Kier molecular flexibility index (Phi) is 8.38. The largest absolute Gasteiger partial charge is 0.491 e. The van der Waals surface area contributed by atoms with Gasteiger partial charge in [-0.05, 0) is 49.8 Å². The minimum absolute atomic E-state index is 0.0247. The van der Waals surface area contributed by atoms with E-state index in [1.54, 1.807) is 0 Å². The lowest BCUT2D eigenvalue weighted by Crippen LogP contribution is -2.32. The molecule has 1 saturated heterocycles. The first-order valence-electron chi connectivity index (χ1n) is 10.9. The summed E-state index contributed by atoms with van der Waals surface area (Å²) in [4.78, 5) is 10.5. The number of halogens is 3. The molecule has 1 aliphatic heterocycles. The predicted molar refractivity (Wildman–Crippen MR) is 110 cm³/mol. The molecule has 3 rings (SSSR count). The molecule has 184 valence electrons. The molecule has 0 radical (unpaired) electrons. The Morgan fingerprint density at radius 2 is 2.00 bits per heavy atom. The van der Waals surface area contributed by atoms with Crippen LogP contribution in [-0.4, -0.2) is 63.5 Å². The summed E-state index contributed by atoms with van der Waals surface area (Å²) in [6.07, 6.45) is -2.76. The lowest BCUT2D eigenvalue weighted by atomic mass is 9.86. The van der Waals surface area contributed by atoms with E-state index in [9.17, 15) is 33.3 Å². The van der Waals surface area contributed by atoms with Crippen molar-refractivity contribution in [3.63, 3.8) is 0 Å². The Morgan fingerprint density at radius 1 is 1.24 bits per heavy atom. The highest BCUT2D eigenvalue weighted by atomic mass is 19.4. The number of carboxylic acids is 1. The lowest BCUT2D eigenvalue weighted by molar-refractivity contribution is -0.138. The molecule has 4 N–H and O–H groups in total. The van der Waals surface area contributed by atoms with Gasteiger partial charge in [-0.15, -0.1) is 0 Å². The van der Waals surface area contributed by atoms with Crippen LogP contribution < -0.4 is 4.74 Å². The highest BCUT2D eigenvalue weighted by molar-refractivity contribution is 5.66. The van der Waals surface area contributed by atoms with Crippen LogP contribution in [0.15, 0.2) is 36.4 Å². The molecular weight excluding hydrogens is 445 g/mol. The first-order chi connectivity index (χ1) is 15.6. The van der Waals surface area contributed by atoms with Crippen molar-refractivity contribution in [2.45, 2.75) is 68.8 Å². The molecule has 7 nitrogen and oxygen atoms in total. The smallest absolute Gasteiger partial charge is 0.416 e. The minimum atomic E-state index is -4.50. The van der Waals surface area contributed by atoms with Gasteiger partial charge >= 0.3 is 12.1 Å². The number of carboxylic acid groups (broad SMARTS) is 1. The number of aliphatic hydroxyl groups excluding tert-OH is 3. The number of unbranched alkanes of at least 4 members (excludes halogenated alkanes) is 1. The van der Waals surface area contributed by atoms with Crippen LogP contribution in [0.2, 0.25) is 0 Å². The van der Waals surface area contributed by atoms with E-state index in [2.05, 4.69) is 0 Å². The summed E-state index contributed by atoms with van der Waals surface area (Å²) >= 11 is 0. The number of ether oxygens (including phenoxy) is 2. The van der Waals surface area contributed by atoms with E-state index in [-0.39, 0.29) is 31.1 Å². The van der Waals surface area contributed by atoms with Gasteiger partial charge in [0.2, 0.25) is 0 Å². The first-order valence-corrected chi connectivity index (χ1v) is 10.9. The Bertz CT molecular complexity index is 829. The molecule has 33 heavy (non-hydrogen) atoms. The summed E-state index contributed by atoms with van der Waals surface area (Å²) in [6.45, 7) is -0.276. The fourth-order valence-electron chi connectivity index (χ4n) is 4.43. The average molecular weight is 474 g/mol. The predicted octanol–water partition coefficient (Wildman–Crippen LogP) is 2.77. The number of benzene rings is 1. The SMILES string of the molecule is O=C(O)CCC/C=C\C[C@@H]1[C@@H]([C@H]2OC2[C@@H](O)COc2cccc(C(F)(F)F)c2)[C@H](O)C[C@@H]1O. The van der Waals surface area contributed by atoms with Crippen LogP contribution in [-0.2, 0) is 15.7 Å². The highest BCUT2D eigenvalue weighted by Crippen LogP contribution is 2.46. The van der Waals surface area contributed by atoms with E-state index in [1.165, 1.54) is 12.1 Å². The molecule has 0 aromatic heterocycles. The molecule has 0 spiro atoms. The summed E-state index contributed by atoms with van der Waals surface area (Å²) in [5.74, 6) is -1.58. The Balaban J connectivity index is 1.50. The molecule has 0 bridgehead atoms. The van der Waals surface area contributed by atoms with Gasteiger partial charge in [-0.3, -0.25) is 4.79 Å². The first kappa shape index (κ1) is 25.5. The Labute approximate surface area is 189 Å².